The molecule has 1 saturated heterocycles. The highest BCUT2D eigenvalue weighted by molar-refractivity contribution is 5.38. The van der Waals surface area contributed by atoms with E-state index in [2.05, 4.69) is 17.1 Å². The van der Waals surface area contributed by atoms with Crippen LogP contribution in [-0.2, 0) is 0 Å². The van der Waals surface area contributed by atoms with Crippen LogP contribution in [0.2, 0.25) is 0 Å². The summed E-state index contributed by atoms with van der Waals surface area (Å²) < 4.78 is 19.1. The van der Waals surface area contributed by atoms with Crippen LogP contribution < -0.4 is 10.1 Å². The molecule has 0 aliphatic carbocycles. The van der Waals surface area contributed by atoms with Crippen molar-refractivity contribution >= 4 is 0 Å². The van der Waals surface area contributed by atoms with Crippen molar-refractivity contribution in [2.24, 2.45) is 0 Å². The average Bonchev–Trinajstić information content (AvgIpc) is 2.50. The molecule has 0 aromatic heterocycles. The van der Waals surface area contributed by atoms with Crippen LogP contribution in [0.1, 0.15) is 44.2 Å². The van der Waals surface area contributed by atoms with E-state index in [9.17, 15) is 4.39 Å². The van der Waals surface area contributed by atoms with Gasteiger partial charge in [-0.3, -0.25) is 0 Å². The zero-order valence-electron chi connectivity index (χ0n) is 12.8. The van der Waals surface area contributed by atoms with Crippen molar-refractivity contribution in [3.8, 4) is 5.75 Å². The first kappa shape index (κ1) is 14.8. The normalized spacial score (nSPS) is 23.6. The van der Waals surface area contributed by atoms with E-state index in [1.54, 1.807) is 12.1 Å². The summed E-state index contributed by atoms with van der Waals surface area (Å²) in [5.74, 6) is 0.660. The standard InChI is InChI=1S/C17H25FN2O/c1-2-8-20-9-5-14(6-10-20)19-16-7-11-21-17-4-3-13(18)12-15(16)17/h3-4,12,14,16,19H,2,5-11H2,1H3. The van der Waals surface area contributed by atoms with Crippen molar-refractivity contribution in [3.63, 3.8) is 0 Å². The van der Waals surface area contributed by atoms with Crippen molar-refractivity contribution in [2.45, 2.75) is 44.7 Å². The number of piperidine rings is 1. The molecule has 2 heterocycles. The number of rotatable bonds is 4. The van der Waals surface area contributed by atoms with Crippen LogP contribution in [0.15, 0.2) is 18.2 Å². The Morgan fingerprint density at radius 1 is 1.29 bits per heavy atom. The highest BCUT2D eigenvalue weighted by Gasteiger charge is 2.26. The van der Waals surface area contributed by atoms with Crippen molar-refractivity contribution in [2.75, 3.05) is 26.2 Å². The third-order valence-electron chi connectivity index (χ3n) is 4.58. The van der Waals surface area contributed by atoms with Crippen LogP contribution in [0.25, 0.3) is 0 Å². The molecule has 21 heavy (non-hydrogen) atoms. The molecule has 1 N–H and O–H groups in total. The maximum absolute atomic E-state index is 13.5. The van der Waals surface area contributed by atoms with E-state index < -0.39 is 0 Å². The fourth-order valence-corrected chi connectivity index (χ4v) is 3.46. The Hall–Kier alpha value is -1.13. The van der Waals surface area contributed by atoms with E-state index >= 15 is 0 Å². The molecule has 0 amide bonds. The summed E-state index contributed by atoms with van der Waals surface area (Å²) in [6.07, 6.45) is 4.51. The fourth-order valence-electron chi connectivity index (χ4n) is 3.46. The molecule has 0 radical (unpaired) electrons. The lowest BCUT2D eigenvalue weighted by Crippen LogP contribution is -2.44. The second-order valence-corrected chi connectivity index (χ2v) is 6.15. The van der Waals surface area contributed by atoms with E-state index in [-0.39, 0.29) is 11.9 Å². The highest BCUT2D eigenvalue weighted by Crippen LogP contribution is 2.33. The maximum atomic E-state index is 13.5. The molecular weight excluding hydrogens is 267 g/mol. The molecule has 116 valence electrons. The van der Waals surface area contributed by atoms with Gasteiger partial charge in [0.25, 0.3) is 0 Å². The van der Waals surface area contributed by atoms with Gasteiger partial charge in [0.15, 0.2) is 0 Å². The van der Waals surface area contributed by atoms with Gasteiger partial charge in [-0.15, -0.1) is 0 Å². The van der Waals surface area contributed by atoms with E-state index in [4.69, 9.17) is 4.74 Å². The van der Waals surface area contributed by atoms with E-state index in [1.165, 1.54) is 45.0 Å². The second kappa shape index (κ2) is 6.75. The van der Waals surface area contributed by atoms with Gasteiger partial charge in [-0.25, -0.2) is 4.39 Å². The van der Waals surface area contributed by atoms with Crippen LogP contribution >= 0.6 is 0 Å². The average molecular weight is 292 g/mol. The van der Waals surface area contributed by atoms with Gasteiger partial charge in [-0.2, -0.15) is 0 Å². The third-order valence-corrected chi connectivity index (χ3v) is 4.58. The first-order valence-electron chi connectivity index (χ1n) is 8.17. The number of likely N-dealkylation sites (tertiary alicyclic amines) is 1. The minimum Gasteiger partial charge on any atom is -0.493 e. The number of ether oxygens (including phenoxy) is 1. The summed E-state index contributed by atoms with van der Waals surface area (Å²) in [5.41, 5.74) is 0.984. The second-order valence-electron chi connectivity index (χ2n) is 6.15. The molecule has 3 nitrogen and oxygen atoms in total. The smallest absolute Gasteiger partial charge is 0.124 e. The van der Waals surface area contributed by atoms with Gasteiger partial charge >= 0.3 is 0 Å². The molecule has 1 atom stereocenters. The molecule has 0 saturated carbocycles. The fraction of sp³-hybridized carbons (Fsp3) is 0.647. The van der Waals surface area contributed by atoms with Crippen LogP contribution in [-0.4, -0.2) is 37.2 Å². The molecule has 4 heteroatoms. The number of benzene rings is 1. The van der Waals surface area contributed by atoms with Gasteiger partial charge in [0, 0.05) is 24.1 Å². The number of nitrogens with zero attached hydrogens (tertiary/aromatic N) is 1. The van der Waals surface area contributed by atoms with Gasteiger partial charge in [0.2, 0.25) is 0 Å². The summed E-state index contributed by atoms with van der Waals surface area (Å²) in [7, 11) is 0. The van der Waals surface area contributed by atoms with Crippen molar-refractivity contribution in [1.82, 2.24) is 10.2 Å². The molecule has 2 aliphatic heterocycles. The summed E-state index contributed by atoms with van der Waals surface area (Å²) in [6, 6.07) is 5.62. The minimum atomic E-state index is -0.177. The molecule has 1 aromatic carbocycles. The van der Waals surface area contributed by atoms with E-state index in [0.717, 1.165) is 17.7 Å². The Bertz CT molecular complexity index is 472. The first-order valence-corrected chi connectivity index (χ1v) is 8.17. The van der Waals surface area contributed by atoms with Crippen molar-refractivity contribution in [1.29, 1.82) is 0 Å². The van der Waals surface area contributed by atoms with Gasteiger partial charge in [-0.05, 0) is 57.1 Å². The molecule has 3 rings (SSSR count). The summed E-state index contributed by atoms with van der Waals surface area (Å²) in [6.45, 7) is 6.50. The monoisotopic (exact) mass is 292 g/mol. The Morgan fingerprint density at radius 2 is 2.10 bits per heavy atom. The number of fused-ring (bicyclic) bond motifs is 1. The van der Waals surface area contributed by atoms with E-state index in [0.29, 0.717) is 12.6 Å². The Labute approximate surface area is 126 Å². The lowest BCUT2D eigenvalue weighted by atomic mass is 9.97. The lowest BCUT2D eigenvalue weighted by molar-refractivity contribution is 0.178. The van der Waals surface area contributed by atoms with Gasteiger partial charge < -0.3 is 15.0 Å². The van der Waals surface area contributed by atoms with Crippen molar-refractivity contribution < 1.29 is 9.13 Å². The van der Waals surface area contributed by atoms with Crippen LogP contribution in [0.5, 0.6) is 5.75 Å². The summed E-state index contributed by atoms with van der Waals surface area (Å²) in [5, 5.41) is 3.73. The van der Waals surface area contributed by atoms with Gasteiger partial charge in [0.1, 0.15) is 11.6 Å². The number of nitrogens with one attached hydrogen (secondary N) is 1. The Kier molecular flexibility index (Phi) is 4.76. The zero-order valence-corrected chi connectivity index (χ0v) is 12.8. The number of hydrogen-bond acceptors (Lipinski definition) is 3. The van der Waals surface area contributed by atoms with Crippen LogP contribution in [0, 0.1) is 5.82 Å². The Morgan fingerprint density at radius 3 is 2.86 bits per heavy atom. The third kappa shape index (κ3) is 3.55. The predicted molar refractivity (Wildman–Crippen MR) is 82.1 cm³/mol. The highest BCUT2D eigenvalue weighted by atomic mass is 19.1. The number of halogens is 1. The molecular formula is C17H25FN2O. The van der Waals surface area contributed by atoms with E-state index in [1.807, 2.05) is 0 Å². The van der Waals surface area contributed by atoms with Gasteiger partial charge in [-0.1, -0.05) is 6.92 Å². The first-order chi connectivity index (χ1) is 10.3. The number of hydrogen-bond donors (Lipinski definition) is 1. The largest absolute Gasteiger partial charge is 0.493 e. The minimum absolute atomic E-state index is 0.177. The maximum Gasteiger partial charge on any atom is 0.124 e. The molecule has 0 spiro atoms. The molecule has 1 aromatic rings. The summed E-state index contributed by atoms with van der Waals surface area (Å²) in [4.78, 5) is 2.54. The molecule has 1 fully saturated rings. The van der Waals surface area contributed by atoms with Crippen LogP contribution in [0.4, 0.5) is 4.39 Å². The Balaban J connectivity index is 1.61. The molecule has 1 unspecified atom stereocenters. The zero-order chi connectivity index (χ0) is 14.7. The molecule has 0 bridgehead atoms. The lowest BCUT2D eigenvalue weighted by Gasteiger charge is -2.36. The quantitative estimate of drug-likeness (QED) is 0.923. The van der Waals surface area contributed by atoms with Crippen LogP contribution in [0.3, 0.4) is 0 Å². The topological polar surface area (TPSA) is 24.5 Å². The predicted octanol–water partition coefficient (Wildman–Crippen LogP) is 3.11. The summed E-state index contributed by atoms with van der Waals surface area (Å²) >= 11 is 0. The van der Waals surface area contributed by atoms with Gasteiger partial charge in [0.05, 0.1) is 6.61 Å². The SMILES string of the molecule is CCCN1CCC(NC2CCOc3ccc(F)cc32)CC1. The molecule has 2 aliphatic rings. The van der Waals surface area contributed by atoms with Crippen molar-refractivity contribution in [3.05, 3.63) is 29.6 Å².